The molecule has 0 radical (unpaired) electrons. The molecule has 0 aliphatic carbocycles. The minimum atomic E-state index is 0.831. The molecule has 0 N–H and O–H groups in total. The van der Waals surface area contributed by atoms with Crippen molar-refractivity contribution in [2.75, 3.05) is 39.9 Å². The first-order valence-electron chi connectivity index (χ1n) is 9.57. The fraction of sp³-hybridized carbons (Fsp3) is 0.348. The molecule has 0 saturated heterocycles. The van der Waals surface area contributed by atoms with Gasteiger partial charge in [-0.1, -0.05) is 36.1 Å². The first-order valence-corrected chi connectivity index (χ1v) is 9.57. The van der Waals surface area contributed by atoms with E-state index in [2.05, 4.69) is 56.8 Å². The second-order valence-corrected chi connectivity index (χ2v) is 7.37. The van der Waals surface area contributed by atoms with Crippen LogP contribution in [0.2, 0.25) is 0 Å². The average molecular weight is 358 g/mol. The third-order valence-electron chi connectivity index (χ3n) is 5.21. The molecule has 0 saturated carbocycles. The fourth-order valence-corrected chi connectivity index (χ4v) is 3.95. The molecular weight excluding hydrogens is 332 g/mol. The van der Waals surface area contributed by atoms with E-state index < -0.39 is 0 Å². The molecule has 4 nitrogen and oxygen atoms in total. The topological polar surface area (TPSA) is 22.6 Å². The summed E-state index contributed by atoms with van der Waals surface area (Å²) in [6, 6.07) is 14.4. The van der Waals surface area contributed by atoms with Crippen LogP contribution in [0.1, 0.15) is 17.5 Å². The molecule has 1 aromatic heterocycles. The van der Waals surface area contributed by atoms with Gasteiger partial charge < -0.3 is 4.90 Å². The molecular formula is C23H26N4. The molecule has 3 heterocycles. The molecule has 2 aromatic rings. The molecule has 0 atom stereocenters. The van der Waals surface area contributed by atoms with Crippen molar-refractivity contribution in [2.45, 2.75) is 13.0 Å². The molecule has 4 rings (SSSR count). The first-order chi connectivity index (χ1) is 13.3. The van der Waals surface area contributed by atoms with Crippen LogP contribution in [-0.4, -0.2) is 59.6 Å². The second kappa shape index (κ2) is 8.39. The average Bonchev–Trinajstić information content (AvgIpc) is 2.69. The van der Waals surface area contributed by atoms with Gasteiger partial charge in [0.2, 0.25) is 0 Å². The molecule has 2 aliphatic heterocycles. The number of benzene rings is 1. The quantitative estimate of drug-likeness (QED) is 0.787. The maximum Gasteiger partial charge on any atom is 0.0706 e. The minimum absolute atomic E-state index is 0.831. The third-order valence-corrected chi connectivity index (χ3v) is 5.21. The van der Waals surface area contributed by atoms with E-state index in [-0.39, 0.29) is 0 Å². The van der Waals surface area contributed by atoms with Crippen molar-refractivity contribution in [3.05, 3.63) is 77.3 Å². The highest BCUT2D eigenvalue weighted by atomic mass is 15.3. The molecule has 2 aliphatic rings. The number of nitrogens with zero attached hydrogens (tertiary/aromatic N) is 4. The maximum atomic E-state index is 4.25. The number of pyridine rings is 1. The van der Waals surface area contributed by atoms with Crippen molar-refractivity contribution >= 4 is 0 Å². The largest absolute Gasteiger partial charge is 0.365 e. The molecule has 4 heteroatoms. The Hall–Kier alpha value is -2.61. The zero-order valence-corrected chi connectivity index (χ0v) is 15.9. The molecule has 0 amide bonds. The van der Waals surface area contributed by atoms with Crippen LogP contribution in [0.4, 0.5) is 0 Å². The van der Waals surface area contributed by atoms with E-state index in [9.17, 15) is 0 Å². The Kier molecular flexibility index (Phi) is 5.53. The van der Waals surface area contributed by atoms with Gasteiger partial charge in [0.15, 0.2) is 0 Å². The van der Waals surface area contributed by atoms with Gasteiger partial charge in [-0.3, -0.25) is 14.8 Å². The lowest BCUT2D eigenvalue weighted by Gasteiger charge is -2.42. The molecule has 1 aromatic carbocycles. The first kappa shape index (κ1) is 17.8. The third kappa shape index (κ3) is 4.57. The van der Waals surface area contributed by atoms with Crippen LogP contribution in [0.25, 0.3) is 0 Å². The summed E-state index contributed by atoms with van der Waals surface area (Å²) >= 11 is 0. The van der Waals surface area contributed by atoms with Crippen LogP contribution in [0, 0.1) is 11.8 Å². The smallest absolute Gasteiger partial charge is 0.0706 e. The molecule has 0 unspecified atom stereocenters. The van der Waals surface area contributed by atoms with Crippen LogP contribution in [0.3, 0.4) is 0 Å². The van der Waals surface area contributed by atoms with Crippen LogP contribution in [0.5, 0.6) is 0 Å². The number of hydrogen-bond donors (Lipinski definition) is 0. The van der Waals surface area contributed by atoms with Gasteiger partial charge in [-0.05, 0) is 29.3 Å². The Morgan fingerprint density at radius 2 is 1.89 bits per heavy atom. The Morgan fingerprint density at radius 1 is 1.04 bits per heavy atom. The van der Waals surface area contributed by atoms with E-state index in [1.807, 2.05) is 36.7 Å². The van der Waals surface area contributed by atoms with Crippen molar-refractivity contribution in [3.8, 4) is 11.8 Å². The zero-order valence-electron chi connectivity index (χ0n) is 15.9. The monoisotopic (exact) mass is 358 g/mol. The lowest BCUT2D eigenvalue weighted by Crippen LogP contribution is -2.47. The predicted molar refractivity (Wildman–Crippen MR) is 109 cm³/mol. The summed E-state index contributed by atoms with van der Waals surface area (Å²) in [5, 5.41) is 0. The van der Waals surface area contributed by atoms with Gasteiger partial charge in [0.1, 0.15) is 0 Å². The summed E-state index contributed by atoms with van der Waals surface area (Å²) in [4.78, 5) is 11.6. The van der Waals surface area contributed by atoms with Crippen LogP contribution < -0.4 is 0 Å². The lowest BCUT2D eigenvalue weighted by molar-refractivity contribution is 0.137. The summed E-state index contributed by atoms with van der Waals surface area (Å²) in [5.74, 6) is 6.63. The van der Waals surface area contributed by atoms with Crippen molar-refractivity contribution in [1.29, 1.82) is 0 Å². The Morgan fingerprint density at radius 3 is 2.70 bits per heavy atom. The minimum Gasteiger partial charge on any atom is -0.365 e. The van der Waals surface area contributed by atoms with E-state index in [1.54, 1.807) is 5.57 Å². The van der Waals surface area contributed by atoms with Gasteiger partial charge in [-0.2, -0.15) is 0 Å². The summed E-state index contributed by atoms with van der Waals surface area (Å²) < 4.78 is 0. The zero-order chi connectivity index (χ0) is 18.5. The number of hydrogen-bond acceptors (Lipinski definition) is 4. The van der Waals surface area contributed by atoms with Crippen molar-refractivity contribution < 1.29 is 0 Å². The highest BCUT2D eigenvalue weighted by molar-refractivity contribution is 5.34. The van der Waals surface area contributed by atoms with Gasteiger partial charge in [0.05, 0.1) is 13.2 Å². The summed E-state index contributed by atoms with van der Waals surface area (Å²) in [5.41, 5.74) is 5.44. The van der Waals surface area contributed by atoms with Crippen LogP contribution >= 0.6 is 0 Å². The van der Waals surface area contributed by atoms with Crippen molar-refractivity contribution in [2.24, 2.45) is 0 Å². The summed E-state index contributed by atoms with van der Waals surface area (Å²) in [6.45, 7) is 5.92. The van der Waals surface area contributed by atoms with Gasteiger partial charge in [0.25, 0.3) is 0 Å². The predicted octanol–water partition coefficient (Wildman–Crippen LogP) is 2.80. The van der Waals surface area contributed by atoms with E-state index in [0.717, 1.165) is 51.4 Å². The molecule has 0 spiro atoms. The fourth-order valence-electron chi connectivity index (χ4n) is 3.95. The normalized spacial score (nSPS) is 18.0. The Labute approximate surface area is 162 Å². The SMILES string of the molecule is CN1CN(Cc2cccnc2)CC2=C1CCN(CC#Cc1ccccc1)C2. The second-order valence-electron chi connectivity index (χ2n) is 7.37. The molecule has 27 heavy (non-hydrogen) atoms. The highest BCUT2D eigenvalue weighted by Gasteiger charge is 2.27. The van der Waals surface area contributed by atoms with Crippen molar-refractivity contribution in [3.63, 3.8) is 0 Å². The lowest BCUT2D eigenvalue weighted by atomic mass is 10.0. The summed E-state index contributed by atoms with van der Waals surface area (Å²) in [7, 11) is 2.22. The van der Waals surface area contributed by atoms with Gasteiger partial charge in [-0.25, -0.2) is 0 Å². The van der Waals surface area contributed by atoms with Crippen LogP contribution in [-0.2, 0) is 6.54 Å². The molecule has 138 valence electrons. The van der Waals surface area contributed by atoms with E-state index in [4.69, 9.17) is 0 Å². The van der Waals surface area contributed by atoms with E-state index >= 15 is 0 Å². The molecule has 0 bridgehead atoms. The highest BCUT2D eigenvalue weighted by Crippen LogP contribution is 2.26. The Bertz CT molecular complexity index is 848. The standard InChI is InChI=1S/C23H26N4/c1-25-19-27(16-21-9-5-12-24-15-21)18-22-17-26(14-11-23(22)25)13-6-10-20-7-3-2-4-8-20/h2-5,7-9,12,15H,11,13-14,16-19H2,1H3. The number of rotatable bonds is 3. The number of aromatic nitrogens is 1. The Balaban J connectivity index is 1.38. The van der Waals surface area contributed by atoms with Crippen molar-refractivity contribution in [1.82, 2.24) is 19.7 Å². The van der Waals surface area contributed by atoms with Gasteiger partial charge in [-0.15, -0.1) is 0 Å². The van der Waals surface area contributed by atoms with E-state index in [0.29, 0.717) is 0 Å². The van der Waals surface area contributed by atoms with E-state index in [1.165, 1.54) is 11.3 Å². The molecule has 0 fully saturated rings. The van der Waals surface area contributed by atoms with Gasteiger partial charge >= 0.3 is 0 Å². The maximum absolute atomic E-state index is 4.25. The van der Waals surface area contributed by atoms with Gasteiger partial charge in [0, 0.05) is 63.3 Å². The van der Waals surface area contributed by atoms with Crippen LogP contribution in [0.15, 0.2) is 66.1 Å². The summed E-state index contributed by atoms with van der Waals surface area (Å²) in [6.07, 6.45) is 4.93.